The predicted octanol–water partition coefficient (Wildman–Crippen LogP) is 3.82. The zero-order valence-corrected chi connectivity index (χ0v) is 12.2. The van der Waals surface area contributed by atoms with Crippen LogP contribution < -0.4 is 0 Å². The average molecular weight is 245 g/mol. The minimum atomic E-state index is 1.06. The Morgan fingerprint density at radius 2 is 1.50 bits per heavy atom. The first-order valence-corrected chi connectivity index (χ1v) is 6.22. The second-order valence-corrected chi connectivity index (χ2v) is 3.77. The van der Waals surface area contributed by atoms with E-state index in [-0.39, 0.29) is 0 Å². The number of aryl methyl sites for hydroxylation is 4. The standard InChI is InChI=1S/C7H9N.C6H8N2.C2H6/c1-6-3-4-7(2)8-5-6;1-5-3-7-4-8-6(5)2;1-2/h3-5H,1-2H3;3-4H,1-2H3;1-2H3. The molecule has 2 aromatic rings. The van der Waals surface area contributed by atoms with Gasteiger partial charge in [0, 0.05) is 23.8 Å². The molecule has 0 aliphatic heterocycles. The average Bonchev–Trinajstić information content (AvgIpc) is 2.40. The van der Waals surface area contributed by atoms with E-state index in [9.17, 15) is 0 Å². The van der Waals surface area contributed by atoms with Gasteiger partial charge in [-0.05, 0) is 44.9 Å². The maximum atomic E-state index is 4.08. The summed E-state index contributed by atoms with van der Waals surface area (Å²) in [6, 6.07) is 4.07. The predicted molar refractivity (Wildman–Crippen MR) is 76.6 cm³/mol. The van der Waals surface area contributed by atoms with E-state index in [1.165, 1.54) is 5.56 Å². The van der Waals surface area contributed by atoms with Gasteiger partial charge in [0.05, 0.1) is 0 Å². The molecule has 0 spiro atoms. The zero-order valence-electron chi connectivity index (χ0n) is 12.2. The van der Waals surface area contributed by atoms with Crippen LogP contribution in [0.4, 0.5) is 0 Å². The molecule has 2 aromatic heterocycles. The molecule has 2 rings (SSSR count). The van der Waals surface area contributed by atoms with Crippen LogP contribution in [0.1, 0.15) is 36.4 Å². The lowest BCUT2D eigenvalue weighted by Crippen LogP contribution is -1.85. The fraction of sp³-hybridized carbons (Fsp3) is 0.400. The van der Waals surface area contributed by atoms with Crippen LogP contribution in [0.2, 0.25) is 0 Å². The van der Waals surface area contributed by atoms with Crippen LogP contribution in [-0.2, 0) is 0 Å². The van der Waals surface area contributed by atoms with Crippen molar-refractivity contribution in [3.05, 3.63) is 53.4 Å². The van der Waals surface area contributed by atoms with E-state index in [0.29, 0.717) is 0 Å². The van der Waals surface area contributed by atoms with Crippen LogP contribution in [0, 0.1) is 27.7 Å². The first kappa shape index (κ1) is 16.2. The van der Waals surface area contributed by atoms with Gasteiger partial charge in [-0.2, -0.15) is 0 Å². The van der Waals surface area contributed by atoms with Crippen molar-refractivity contribution in [3.8, 4) is 0 Å². The van der Waals surface area contributed by atoms with Gasteiger partial charge in [0.15, 0.2) is 0 Å². The van der Waals surface area contributed by atoms with Crippen molar-refractivity contribution < 1.29 is 0 Å². The fourth-order valence-electron chi connectivity index (χ4n) is 1.00. The molecule has 0 fully saturated rings. The van der Waals surface area contributed by atoms with Crippen LogP contribution in [0.3, 0.4) is 0 Å². The molecule has 0 N–H and O–H groups in total. The zero-order chi connectivity index (χ0) is 14.0. The normalized spacial score (nSPS) is 8.56. The molecule has 0 unspecified atom stereocenters. The van der Waals surface area contributed by atoms with Crippen molar-refractivity contribution in [1.29, 1.82) is 0 Å². The Balaban J connectivity index is 0.000000283. The summed E-state index contributed by atoms with van der Waals surface area (Å²) < 4.78 is 0. The van der Waals surface area contributed by atoms with Crippen molar-refractivity contribution in [2.45, 2.75) is 41.5 Å². The molecule has 98 valence electrons. The fourth-order valence-corrected chi connectivity index (χ4v) is 1.00. The van der Waals surface area contributed by atoms with Gasteiger partial charge in [0.25, 0.3) is 0 Å². The summed E-state index contributed by atoms with van der Waals surface area (Å²) in [5.41, 5.74) is 4.50. The Morgan fingerprint density at radius 1 is 0.833 bits per heavy atom. The summed E-state index contributed by atoms with van der Waals surface area (Å²) >= 11 is 0. The monoisotopic (exact) mass is 245 g/mol. The van der Waals surface area contributed by atoms with Gasteiger partial charge in [-0.1, -0.05) is 19.9 Å². The quantitative estimate of drug-likeness (QED) is 0.708. The second kappa shape index (κ2) is 9.28. The lowest BCUT2D eigenvalue weighted by molar-refractivity contribution is 1.06. The maximum Gasteiger partial charge on any atom is 0.115 e. The lowest BCUT2D eigenvalue weighted by Gasteiger charge is -1.91. The summed E-state index contributed by atoms with van der Waals surface area (Å²) in [6.07, 6.45) is 5.24. The molecule has 0 amide bonds. The van der Waals surface area contributed by atoms with Crippen LogP contribution in [0.25, 0.3) is 0 Å². The highest BCUT2D eigenvalue weighted by Crippen LogP contribution is 1.96. The molecule has 2 heterocycles. The first-order chi connectivity index (χ1) is 8.59. The Bertz CT molecular complexity index is 394. The van der Waals surface area contributed by atoms with Gasteiger partial charge < -0.3 is 0 Å². The van der Waals surface area contributed by atoms with E-state index in [1.807, 2.05) is 60.0 Å². The molecule has 3 heteroatoms. The highest BCUT2D eigenvalue weighted by molar-refractivity contribution is 5.11. The topological polar surface area (TPSA) is 38.7 Å². The Labute approximate surface area is 110 Å². The summed E-state index contributed by atoms with van der Waals surface area (Å²) in [5.74, 6) is 0. The molecule has 0 aliphatic rings. The largest absolute Gasteiger partial charge is 0.261 e. The number of nitrogens with zero attached hydrogens (tertiary/aromatic N) is 3. The lowest BCUT2D eigenvalue weighted by atomic mass is 10.3. The van der Waals surface area contributed by atoms with Crippen molar-refractivity contribution in [2.24, 2.45) is 0 Å². The molecule has 0 aromatic carbocycles. The van der Waals surface area contributed by atoms with Crippen LogP contribution >= 0.6 is 0 Å². The van der Waals surface area contributed by atoms with Gasteiger partial charge in [0.1, 0.15) is 6.33 Å². The molecule has 0 saturated carbocycles. The SMILES string of the molecule is CC.Cc1ccc(C)nc1.Cc1cncnc1C. The molecule has 3 nitrogen and oxygen atoms in total. The van der Waals surface area contributed by atoms with Gasteiger partial charge in [-0.15, -0.1) is 0 Å². The maximum absolute atomic E-state index is 4.08. The highest BCUT2D eigenvalue weighted by Gasteiger charge is 1.86. The molecular weight excluding hydrogens is 222 g/mol. The third kappa shape index (κ3) is 6.74. The molecule has 0 saturated heterocycles. The Morgan fingerprint density at radius 3 is 1.83 bits per heavy atom. The number of pyridine rings is 1. The van der Waals surface area contributed by atoms with Gasteiger partial charge in [-0.25, -0.2) is 9.97 Å². The third-order valence-corrected chi connectivity index (χ3v) is 2.22. The molecule has 0 aliphatic carbocycles. The number of hydrogen-bond donors (Lipinski definition) is 0. The van der Waals surface area contributed by atoms with Gasteiger partial charge in [0.2, 0.25) is 0 Å². The van der Waals surface area contributed by atoms with E-state index in [2.05, 4.69) is 21.0 Å². The van der Waals surface area contributed by atoms with E-state index < -0.39 is 0 Å². The molecule has 0 bridgehead atoms. The number of aromatic nitrogens is 3. The van der Waals surface area contributed by atoms with Crippen molar-refractivity contribution in [1.82, 2.24) is 15.0 Å². The number of rotatable bonds is 0. The van der Waals surface area contributed by atoms with Crippen LogP contribution in [0.5, 0.6) is 0 Å². The van der Waals surface area contributed by atoms with E-state index in [4.69, 9.17) is 0 Å². The first-order valence-electron chi connectivity index (χ1n) is 6.22. The molecular formula is C15H23N3. The summed E-state index contributed by atoms with van der Waals surface area (Å²) in [4.78, 5) is 11.9. The minimum Gasteiger partial charge on any atom is -0.261 e. The van der Waals surface area contributed by atoms with Crippen LogP contribution in [-0.4, -0.2) is 15.0 Å². The summed E-state index contributed by atoms with van der Waals surface area (Å²) in [5, 5.41) is 0. The van der Waals surface area contributed by atoms with Gasteiger partial charge in [-0.3, -0.25) is 4.98 Å². The van der Waals surface area contributed by atoms with Crippen LogP contribution in [0.15, 0.2) is 30.9 Å². The Kier molecular flexibility index (Phi) is 8.37. The van der Waals surface area contributed by atoms with Crippen molar-refractivity contribution >= 4 is 0 Å². The molecule has 0 atom stereocenters. The van der Waals surface area contributed by atoms with E-state index in [1.54, 1.807) is 6.33 Å². The van der Waals surface area contributed by atoms with E-state index in [0.717, 1.165) is 17.0 Å². The molecule has 0 radical (unpaired) electrons. The second-order valence-electron chi connectivity index (χ2n) is 3.77. The summed E-state index contributed by atoms with van der Waals surface area (Å²) in [7, 11) is 0. The van der Waals surface area contributed by atoms with Gasteiger partial charge >= 0.3 is 0 Å². The van der Waals surface area contributed by atoms with E-state index >= 15 is 0 Å². The van der Waals surface area contributed by atoms with Crippen molar-refractivity contribution in [3.63, 3.8) is 0 Å². The number of hydrogen-bond acceptors (Lipinski definition) is 3. The third-order valence-electron chi connectivity index (χ3n) is 2.22. The summed E-state index contributed by atoms with van der Waals surface area (Å²) in [6.45, 7) is 12.0. The Hall–Kier alpha value is -1.77. The molecule has 18 heavy (non-hydrogen) atoms. The minimum absolute atomic E-state index is 1.06. The van der Waals surface area contributed by atoms with Crippen molar-refractivity contribution in [2.75, 3.05) is 0 Å². The smallest absolute Gasteiger partial charge is 0.115 e. The highest BCUT2D eigenvalue weighted by atomic mass is 14.8.